The molecule has 0 aliphatic carbocycles. The lowest BCUT2D eigenvalue weighted by molar-refractivity contribution is -0.142. The SMILES string of the molecule is CCOC(=O)C/C(C)=C/C=C\Cn1nc(-c2ccccc2)cc1N. The number of carbonyl (C=O) groups excluding carboxylic acids is 1. The zero-order chi connectivity index (χ0) is 17.4. The Kier molecular flexibility index (Phi) is 6.37. The quantitative estimate of drug-likeness (QED) is 0.624. The monoisotopic (exact) mass is 325 g/mol. The van der Waals surface area contributed by atoms with Crippen LogP contribution < -0.4 is 5.73 Å². The highest BCUT2D eigenvalue weighted by atomic mass is 16.5. The number of anilines is 1. The molecule has 0 radical (unpaired) electrons. The Morgan fingerprint density at radius 1 is 1.33 bits per heavy atom. The number of hydrogen-bond acceptors (Lipinski definition) is 4. The van der Waals surface area contributed by atoms with E-state index < -0.39 is 0 Å². The number of ether oxygens (including phenoxy) is 1. The summed E-state index contributed by atoms with van der Waals surface area (Å²) in [6.07, 6.45) is 6.06. The summed E-state index contributed by atoms with van der Waals surface area (Å²) in [4.78, 5) is 11.4. The second-order valence-corrected chi connectivity index (χ2v) is 5.43. The van der Waals surface area contributed by atoms with Crippen molar-refractivity contribution in [3.63, 3.8) is 0 Å². The van der Waals surface area contributed by atoms with Crippen LogP contribution in [0.25, 0.3) is 11.3 Å². The van der Waals surface area contributed by atoms with Crippen LogP contribution in [0.15, 0.2) is 60.2 Å². The first kappa shape index (κ1) is 17.5. The first-order chi connectivity index (χ1) is 11.6. The Hall–Kier alpha value is -2.82. The van der Waals surface area contributed by atoms with Gasteiger partial charge in [-0.05, 0) is 13.8 Å². The molecule has 1 aromatic heterocycles. The molecule has 0 aliphatic heterocycles. The van der Waals surface area contributed by atoms with Gasteiger partial charge < -0.3 is 10.5 Å². The molecule has 2 rings (SSSR count). The summed E-state index contributed by atoms with van der Waals surface area (Å²) in [5.74, 6) is 0.411. The van der Waals surface area contributed by atoms with Crippen molar-refractivity contribution in [1.82, 2.24) is 9.78 Å². The molecule has 0 aliphatic rings. The third kappa shape index (κ3) is 5.12. The molecule has 2 aromatic rings. The highest BCUT2D eigenvalue weighted by Crippen LogP contribution is 2.19. The largest absolute Gasteiger partial charge is 0.466 e. The maximum atomic E-state index is 11.4. The van der Waals surface area contributed by atoms with Crippen LogP contribution in [0.1, 0.15) is 20.3 Å². The normalized spacial score (nSPS) is 11.8. The minimum absolute atomic E-state index is 0.205. The minimum Gasteiger partial charge on any atom is -0.466 e. The summed E-state index contributed by atoms with van der Waals surface area (Å²) in [5, 5.41) is 4.52. The van der Waals surface area contributed by atoms with Crippen LogP contribution >= 0.6 is 0 Å². The number of hydrogen-bond donors (Lipinski definition) is 1. The van der Waals surface area contributed by atoms with Crippen LogP contribution in [0.2, 0.25) is 0 Å². The lowest BCUT2D eigenvalue weighted by Crippen LogP contribution is -2.04. The summed E-state index contributed by atoms with van der Waals surface area (Å²) in [7, 11) is 0. The second-order valence-electron chi connectivity index (χ2n) is 5.43. The van der Waals surface area contributed by atoms with E-state index in [4.69, 9.17) is 10.5 Å². The molecule has 1 aromatic carbocycles. The van der Waals surface area contributed by atoms with Crippen LogP contribution in [0.4, 0.5) is 5.82 Å². The fourth-order valence-electron chi connectivity index (χ4n) is 2.22. The van der Waals surface area contributed by atoms with Gasteiger partial charge in [0, 0.05) is 11.6 Å². The number of allylic oxidation sites excluding steroid dienone is 3. The van der Waals surface area contributed by atoms with Crippen LogP contribution in [-0.4, -0.2) is 22.4 Å². The number of carbonyl (C=O) groups is 1. The summed E-state index contributed by atoms with van der Waals surface area (Å²) in [6, 6.07) is 11.8. The van der Waals surface area contributed by atoms with E-state index >= 15 is 0 Å². The molecular formula is C19H23N3O2. The predicted octanol–water partition coefficient (Wildman–Crippen LogP) is 3.59. The highest BCUT2D eigenvalue weighted by Gasteiger charge is 2.05. The third-order valence-electron chi connectivity index (χ3n) is 3.40. The molecule has 0 amide bonds. The van der Waals surface area contributed by atoms with Gasteiger partial charge in [0.15, 0.2) is 0 Å². The van der Waals surface area contributed by atoms with E-state index in [2.05, 4.69) is 5.10 Å². The topological polar surface area (TPSA) is 70.1 Å². The van der Waals surface area contributed by atoms with Gasteiger partial charge in [-0.15, -0.1) is 0 Å². The zero-order valence-corrected chi connectivity index (χ0v) is 14.1. The van der Waals surface area contributed by atoms with Gasteiger partial charge >= 0.3 is 5.97 Å². The standard InChI is InChI=1S/C19H23N3O2/c1-3-24-19(23)13-15(2)9-7-8-12-22-18(20)14-17(21-22)16-10-5-4-6-11-16/h4-11,14H,3,12-13,20H2,1-2H3/b8-7-,15-9+. The van der Waals surface area contributed by atoms with Crippen LogP contribution in [0, 0.1) is 0 Å². The molecule has 5 heteroatoms. The number of rotatable bonds is 7. The average Bonchev–Trinajstić information content (AvgIpc) is 2.93. The summed E-state index contributed by atoms with van der Waals surface area (Å²) >= 11 is 0. The van der Waals surface area contributed by atoms with Gasteiger partial charge in [0.2, 0.25) is 0 Å². The van der Waals surface area contributed by atoms with Gasteiger partial charge in [0.1, 0.15) is 5.82 Å². The summed E-state index contributed by atoms with van der Waals surface area (Å²) < 4.78 is 6.66. The lowest BCUT2D eigenvalue weighted by atomic mass is 10.2. The van der Waals surface area contributed by atoms with Crippen LogP contribution in [0.5, 0.6) is 0 Å². The molecule has 0 saturated heterocycles. The third-order valence-corrected chi connectivity index (χ3v) is 3.40. The highest BCUT2D eigenvalue weighted by molar-refractivity contribution is 5.72. The average molecular weight is 325 g/mol. The number of aromatic nitrogens is 2. The van der Waals surface area contributed by atoms with Crippen molar-refractivity contribution in [1.29, 1.82) is 0 Å². The van der Waals surface area contributed by atoms with Crippen LogP contribution in [0.3, 0.4) is 0 Å². The van der Waals surface area contributed by atoms with Crippen molar-refractivity contribution in [3.05, 3.63) is 60.2 Å². The van der Waals surface area contributed by atoms with Crippen molar-refractivity contribution >= 4 is 11.8 Å². The van der Waals surface area contributed by atoms with E-state index in [1.807, 2.05) is 61.5 Å². The van der Waals surface area contributed by atoms with E-state index in [1.165, 1.54) is 0 Å². The van der Waals surface area contributed by atoms with Gasteiger partial charge in [-0.2, -0.15) is 5.10 Å². The van der Waals surface area contributed by atoms with Crippen LogP contribution in [-0.2, 0) is 16.1 Å². The molecule has 5 nitrogen and oxygen atoms in total. The molecule has 0 spiro atoms. The number of esters is 1. The van der Waals surface area contributed by atoms with E-state index in [0.717, 1.165) is 16.8 Å². The lowest BCUT2D eigenvalue weighted by Gasteiger charge is -2.01. The molecule has 0 bridgehead atoms. The Bertz CT molecular complexity index is 730. The molecule has 1 heterocycles. The van der Waals surface area contributed by atoms with Gasteiger partial charge in [-0.1, -0.05) is 54.1 Å². The molecule has 24 heavy (non-hydrogen) atoms. The first-order valence-corrected chi connectivity index (χ1v) is 7.96. The Morgan fingerprint density at radius 3 is 2.79 bits per heavy atom. The number of benzene rings is 1. The Labute approximate surface area is 142 Å². The van der Waals surface area contributed by atoms with Gasteiger partial charge in [-0.25, -0.2) is 4.68 Å². The molecule has 0 atom stereocenters. The minimum atomic E-state index is -0.205. The van der Waals surface area contributed by atoms with Crippen molar-refractivity contribution in [2.75, 3.05) is 12.3 Å². The number of nitrogens with two attached hydrogens (primary N) is 1. The fraction of sp³-hybridized carbons (Fsp3) is 0.263. The Morgan fingerprint density at radius 2 is 2.08 bits per heavy atom. The molecule has 0 unspecified atom stereocenters. The number of nitrogen functional groups attached to an aromatic ring is 1. The number of nitrogens with zero attached hydrogens (tertiary/aromatic N) is 2. The smallest absolute Gasteiger partial charge is 0.309 e. The van der Waals surface area contributed by atoms with E-state index in [0.29, 0.717) is 25.4 Å². The van der Waals surface area contributed by atoms with Gasteiger partial charge in [0.05, 0.1) is 25.3 Å². The van der Waals surface area contributed by atoms with Gasteiger partial charge in [-0.3, -0.25) is 4.79 Å². The maximum absolute atomic E-state index is 11.4. The maximum Gasteiger partial charge on any atom is 0.309 e. The molecule has 126 valence electrons. The fourth-order valence-corrected chi connectivity index (χ4v) is 2.22. The molecule has 2 N–H and O–H groups in total. The summed E-state index contributed by atoms with van der Waals surface area (Å²) in [5.41, 5.74) is 8.85. The zero-order valence-electron chi connectivity index (χ0n) is 14.1. The van der Waals surface area contributed by atoms with E-state index in [9.17, 15) is 4.79 Å². The van der Waals surface area contributed by atoms with E-state index in [-0.39, 0.29) is 5.97 Å². The van der Waals surface area contributed by atoms with Crippen molar-refractivity contribution in [2.45, 2.75) is 26.8 Å². The molecular weight excluding hydrogens is 302 g/mol. The Balaban J connectivity index is 1.95. The van der Waals surface area contributed by atoms with Crippen molar-refractivity contribution in [2.24, 2.45) is 0 Å². The molecule has 0 fully saturated rings. The van der Waals surface area contributed by atoms with Crippen molar-refractivity contribution in [3.8, 4) is 11.3 Å². The molecule has 0 saturated carbocycles. The van der Waals surface area contributed by atoms with Gasteiger partial charge in [0.25, 0.3) is 0 Å². The second kappa shape index (κ2) is 8.72. The first-order valence-electron chi connectivity index (χ1n) is 7.96. The van der Waals surface area contributed by atoms with E-state index in [1.54, 1.807) is 11.6 Å². The summed E-state index contributed by atoms with van der Waals surface area (Å²) in [6.45, 7) is 4.68. The predicted molar refractivity (Wildman–Crippen MR) is 96.2 cm³/mol. The van der Waals surface area contributed by atoms with Crippen molar-refractivity contribution < 1.29 is 9.53 Å².